The Bertz CT molecular complexity index is 1020. The highest BCUT2D eigenvalue weighted by atomic mass is 19.4. The number of nitrogens with zero attached hydrogens (tertiary/aromatic N) is 3. The summed E-state index contributed by atoms with van der Waals surface area (Å²) < 4.78 is 80.4. The fraction of sp³-hybridized carbons (Fsp3) is 0.550. The van der Waals surface area contributed by atoms with E-state index in [9.17, 15) is 36.7 Å². The van der Waals surface area contributed by atoms with Gasteiger partial charge in [-0.1, -0.05) is 27.7 Å². The highest BCUT2D eigenvalue weighted by Crippen LogP contribution is 2.55. The number of alkyl halides is 6. The van der Waals surface area contributed by atoms with Crippen LogP contribution in [-0.2, 0) is 18.9 Å². The number of halogens is 6. The number of aromatic nitrogens is 3. The summed E-state index contributed by atoms with van der Waals surface area (Å²) in [5.74, 6) is -0.934. The van der Waals surface area contributed by atoms with Gasteiger partial charge in [0, 0.05) is 41.2 Å². The third-order valence-electron chi connectivity index (χ3n) is 6.03. The van der Waals surface area contributed by atoms with Crippen molar-refractivity contribution in [1.29, 1.82) is 0 Å². The molecule has 1 aliphatic rings. The van der Waals surface area contributed by atoms with Crippen LogP contribution in [0.1, 0.15) is 44.4 Å². The molecule has 33 heavy (non-hydrogen) atoms. The zero-order valence-corrected chi connectivity index (χ0v) is 18.1. The molecule has 1 saturated carbocycles. The van der Waals surface area contributed by atoms with Gasteiger partial charge >= 0.3 is 12.4 Å². The maximum atomic E-state index is 13.5. The van der Waals surface area contributed by atoms with Gasteiger partial charge in [0.2, 0.25) is 5.95 Å². The molecule has 2 heterocycles. The van der Waals surface area contributed by atoms with Gasteiger partial charge in [0.05, 0.1) is 11.7 Å². The van der Waals surface area contributed by atoms with E-state index in [4.69, 9.17) is 0 Å². The second kappa shape index (κ2) is 7.89. The average molecular weight is 479 g/mol. The maximum Gasteiger partial charge on any atom is 0.421 e. The van der Waals surface area contributed by atoms with E-state index in [1.165, 1.54) is 0 Å². The predicted octanol–water partition coefficient (Wildman–Crippen LogP) is 3.97. The lowest BCUT2D eigenvalue weighted by atomic mass is 9.49. The van der Waals surface area contributed by atoms with Crippen molar-refractivity contribution in [3.63, 3.8) is 0 Å². The summed E-state index contributed by atoms with van der Waals surface area (Å²) in [6.45, 7) is 6.23. The van der Waals surface area contributed by atoms with E-state index in [2.05, 4.69) is 20.6 Å². The lowest BCUT2D eigenvalue weighted by Gasteiger charge is -2.62. The third kappa shape index (κ3) is 4.63. The molecule has 0 amide bonds. The Hall–Kier alpha value is -2.83. The summed E-state index contributed by atoms with van der Waals surface area (Å²) in [6, 6.07) is 0.0191. The molecule has 0 aliphatic heterocycles. The smallest absolute Gasteiger partial charge is 0.421 e. The molecule has 0 bridgehead atoms. The summed E-state index contributed by atoms with van der Waals surface area (Å²) in [7, 11) is 0. The van der Waals surface area contributed by atoms with Crippen molar-refractivity contribution in [3.8, 4) is 0 Å². The minimum atomic E-state index is -4.80. The van der Waals surface area contributed by atoms with Crippen LogP contribution >= 0.6 is 0 Å². The van der Waals surface area contributed by atoms with E-state index in [1.54, 1.807) is 27.7 Å². The summed E-state index contributed by atoms with van der Waals surface area (Å²) in [5.41, 5.74) is -4.19. The van der Waals surface area contributed by atoms with Gasteiger partial charge in [0.1, 0.15) is 11.4 Å². The number of aliphatic hydroxyl groups excluding tert-OH is 1. The quantitative estimate of drug-likeness (QED) is 0.341. The Labute approximate surface area is 185 Å². The van der Waals surface area contributed by atoms with Crippen LogP contribution in [0.25, 0.3) is 0 Å². The molecule has 2 aromatic heterocycles. The topological polar surface area (TPSA) is 97.0 Å². The molecule has 182 valence electrons. The van der Waals surface area contributed by atoms with Gasteiger partial charge in [0.25, 0.3) is 0 Å². The molecular weight excluding hydrogens is 456 g/mol. The van der Waals surface area contributed by atoms with Gasteiger partial charge in [-0.2, -0.15) is 36.1 Å². The normalized spacial score (nSPS) is 21.9. The van der Waals surface area contributed by atoms with Gasteiger partial charge < -0.3 is 20.9 Å². The minimum Gasteiger partial charge on any atom is -0.619 e. The van der Waals surface area contributed by atoms with Crippen LogP contribution in [0.4, 0.5) is 38.1 Å². The van der Waals surface area contributed by atoms with Gasteiger partial charge in [-0.15, -0.1) is 0 Å². The van der Waals surface area contributed by atoms with Crippen LogP contribution in [0.3, 0.4) is 0 Å². The highest BCUT2D eigenvalue weighted by Gasteiger charge is 2.61. The van der Waals surface area contributed by atoms with E-state index in [-0.39, 0.29) is 10.7 Å². The molecule has 0 aromatic carbocycles. The number of pyridine rings is 1. The van der Waals surface area contributed by atoms with Crippen molar-refractivity contribution in [3.05, 3.63) is 46.6 Å². The van der Waals surface area contributed by atoms with Crippen LogP contribution in [-0.4, -0.2) is 27.2 Å². The number of rotatable bonds is 5. The first-order chi connectivity index (χ1) is 15.0. The number of aliphatic hydroxyl groups is 1. The van der Waals surface area contributed by atoms with E-state index < -0.39 is 64.4 Å². The molecule has 1 aliphatic carbocycles. The summed E-state index contributed by atoms with van der Waals surface area (Å²) in [5, 5.41) is 27.0. The average Bonchev–Trinajstić information content (AvgIpc) is 2.68. The first kappa shape index (κ1) is 24.8. The Balaban J connectivity index is 1.91. The minimum absolute atomic E-state index is 0.179. The highest BCUT2D eigenvalue weighted by molar-refractivity contribution is 5.51. The van der Waals surface area contributed by atoms with E-state index >= 15 is 0 Å². The third-order valence-corrected chi connectivity index (χ3v) is 6.03. The molecule has 0 unspecified atom stereocenters. The van der Waals surface area contributed by atoms with E-state index in [0.29, 0.717) is 24.7 Å². The van der Waals surface area contributed by atoms with Crippen molar-refractivity contribution < 1.29 is 36.2 Å². The molecule has 2 aromatic rings. The van der Waals surface area contributed by atoms with Crippen molar-refractivity contribution in [2.24, 2.45) is 10.8 Å². The second-order valence-electron chi connectivity index (χ2n) is 9.17. The summed E-state index contributed by atoms with van der Waals surface area (Å²) in [4.78, 5) is 7.42. The molecule has 3 rings (SSSR count). The van der Waals surface area contributed by atoms with E-state index in [1.807, 2.05) is 0 Å². The standard InChI is InChI=1S/C20H23F6N5O2/c1-17(2)14(18(3,4)15(17)32)29-13-12(20(24,25)26)8-28-16(30-13)27-7-10-9-31(33)6-5-11(10)19(21,22)23/h5-6,8-9,14-15,32H,7H2,1-4H3,(H2,27,28,29,30)/t14-,15-. The largest absolute Gasteiger partial charge is 0.619 e. The van der Waals surface area contributed by atoms with Gasteiger partial charge in [-0.25, -0.2) is 4.98 Å². The predicted molar refractivity (Wildman–Crippen MR) is 106 cm³/mol. The number of nitrogens with one attached hydrogen (secondary N) is 2. The fourth-order valence-corrected chi connectivity index (χ4v) is 4.54. The lowest BCUT2D eigenvalue weighted by Crippen LogP contribution is -2.70. The second-order valence-corrected chi connectivity index (χ2v) is 9.17. The molecule has 0 radical (unpaired) electrons. The number of hydrogen-bond donors (Lipinski definition) is 3. The zero-order valence-electron chi connectivity index (χ0n) is 18.1. The van der Waals surface area contributed by atoms with E-state index in [0.717, 1.165) is 0 Å². The van der Waals surface area contributed by atoms with Crippen LogP contribution in [0.5, 0.6) is 0 Å². The SMILES string of the molecule is CC1(C)[C@H](O)C(C)(C)[C@H]1Nc1nc(NCc2c[n+]([O-])ccc2C(F)(F)F)ncc1C(F)(F)F. The number of anilines is 2. The van der Waals surface area contributed by atoms with Crippen molar-refractivity contribution in [2.75, 3.05) is 10.6 Å². The van der Waals surface area contributed by atoms with Gasteiger partial charge in [-0.3, -0.25) is 0 Å². The van der Waals surface area contributed by atoms with Crippen LogP contribution in [0.2, 0.25) is 0 Å². The van der Waals surface area contributed by atoms with Crippen molar-refractivity contribution >= 4 is 11.8 Å². The Morgan fingerprint density at radius 2 is 1.64 bits per heavy atom. The summed E-state index contributed by atoms with van der Waals surface area (Å²) >= 11 is 0. The molecule has 7 nitrogen and oxygen atoms in total. The lowest BCUT2D eigenvalue weighted by molar-refractivity contribution is -0.606. The molecule has 0 atom stereocenters. The Kier molecular flexibility index (Phi) is 5.93. The van der Waals surface area contributed by atoms with Crippen molar-refractivity contribution in [2.45, 2.75) is 58.7 Å². The first-order valence-corrected chi connectivity index (χ1v) is 9.87. The maximum absolute atomic E-state index is 13.5. The first-order valence-electron chi connectivity index (χ1n) is 9.87. The van der Waals surface area contributed by atoms with Crippen molar-refractivity contribution in [1.82, 2.24) is 9.97 Å². The fourth-order valence-electron chi connectivity index (χ4n) is 4.54. The monoisotopic (exact) mass is 479 g/mol. The molecule has 3 N–H and O–H groups in total. The molecule has 0 spiro atoms. The molecule has 13 heteroatoms. The van der Waals surface area contributed by atoms with Gasteiger partial charge in [0.15, 0.2) is 12.4 Å². The zero-order chi connectivity index (χ0) is 25.0. The number of hydrogen-bond acceptors (Lipinski definition) is 6. The Morgan fingerprint density at radius 1 is 1.06 bits per heavy atom. The van der Waals surface area contributed by atoms with Gasteiger partial charge in [-0.05, 0) is 0 Å². The van der Waals surface area contributed by atoms with Crippen LogP contribution in [0.15, 0.2) is 24.7 Å². The molecule has 0 saturated heterocycles. The molecular formula is C20H23F6N5O2. The van der Waals surface area contributed by atoms with Crippen LogP contribution < -0.4 is 15.4 Å². The summed E-state index contributed by atoms with van der Waals surface area (Å²) in [6.07, 6.45) is -8.39. The molecule has 1 fully saturated rings. The Morgan fingerprint density at radius 3 is 2.18 bits per heavy atom. The van der Waals surface area contributed by atoms with Crippen LogP contribution in [0, 0.1) is 16.0 Å².